The number of rotatable bonds is 8. The minimum absolute atomic E-state index is 0. The first-order valence-electron chi connectivity index (χ1n) is 11.7. The van der Waals surface area contributed by atoms with Gasteiger partial charge in [-0.25, -0.2) is 0 Å². The smallest absolute Gasteiger partial charge is 0.203 e. The number of ether oxygens (including phenoxy) is 3. The van der Waals surface area contributed by atoms with Gasteiger partial charge in [0.2, 0.25) is 5.75 Å². The Hall–Kier alpha value is -1.46. The van der Waals surface area contributed by atoms with Crippen LogP contribution in [0, 0.1) is 0 Å². The van der Waals surface area contributed by atoms with Gasteiger partial charge in [-0.2, -0.15) is 0 Å². The molecule has 188 valence electrons. The van der Waals surface area contributed by atoms with Gasteiger partial charge >= 0.3 is 0 Å². The Balaban J connectivity index is 0.00000385. The quantitative estimate of drug-likeness (QED) is 0.281. The van der Waals surface area contributed by atoms with Crippen molar-refractivity contribution in [3.8, 4) is 17.2 Å². The number of methoxy groups -OCH3 is 3. The van der Waals surface area contributed by atoms with Crippen LogP contribution in [-0.4, -0.2) is 89.4 Å². The maximum absolute atomic E-state index is 5.48. The summed E-state index contributed by atoms with van der Waals surface area (Å²) in [4.78, 5) is 9.66. The van der Waals surface area contributed by atoms with Crippen molar-refractivity contribution in [3.63, 3.8) is 0 Å². The monoisotopic (exact) mass is 575 g/mol. The molecule has 0 aromatic heterocycles. The summed E-state index contributed by atoms with van der Waals surface area (Å²) in [5, 5.41) is 7.09. The molecule has 0 spiro atoms. The average Bonchev–Trinajstić information content (AvgIpc) is 2.85. The van der Waals surface area contributed by atoms with E-state index in [9.17, 15) is 0 Å². The molecule has 0 atom stereocenters. The fourth-order valence-electron chi connectivity index (χ4n) is 4.90. The van der Waals surface area contributed by atoms with Gasteiger partial charge in [0.15, 0.2) is 17.5 Å². The zero-order chi connectivity index (χ0) is 23.0. The Morgan fingerprint density at radius 2 is 1.55 bits per heavy atom. The van der Waals surface area contributed by atoms with E-state index in [0.717, 1.165) is 31.2 Å². The van der Waals surface area contributed by atoms with E-state index >= 15 is 0 Å². The normalized spacial score (nSPS) is 19.4. The molecule has 8 nitrogen and oxygen atoms in total. The minimum atomic E-state index is 0. The average molecular weight is 576 g/mol. The molecule has 9 heteroatoms. The predicted octanol–water partition coefficient (Wildman–Crippen LogP) is 2.95. The molecular weight excluding hydrogens is 533 g/mol. The molecule has 2 aliphatic rings. The molecule has 2 heterocycles. The van der Waals surface area contributed by atoms with Crippen LogP contribution in [0.3, 0.4) is 0 Å². The highest BCUT2D eigenvalue weighted by molar-refractivity contribution is 14.0. The van der Waals surface area contributed by atoms with E-state index < -0.39 is 0 Å². The molecule has 2 N–H and O–H groups in total. The molecule has 0 amide bonds. The second-order valence-corrected chi connectivity index (χ2v) is 8.89. The van der Waals surface area contributed by atoms with E-state index in [1.165, 1.54) is 45.2 Å². The fraction of sp³-hybridized carbons (Fsp3) is 0.708. The van der Waals surface area contributed by atoms with Gasteiger partial charge in [0.1, 0.15) is 0 Å². The standard InChI is InChI=1S/C24H41N5O3.HI/c1-25-23(26-17-19-15-20(30-3)22(32-5)21(16-19)31-4)27-18-24(9-13-28(2)14-10-24)29-11-7-6-8-12-29;/h15-16H,6-14,17-18H2,1-5H3,(H2,25,26,27);1H. The van der Waals surface area contributed by atoms with E-state index in [1.807, 2.05) is 19.2 Å². The summed E-state index contributed by atoms with van der Waals surface area (Å²) in [6.45, 7) is 6.24. The summed E-state index contributed by atoms with van der Waals surface area (Å²) in [5.41, 5.74) is 1.24. The van der Waals surface area contributed by atoms with Gasteiger partial charge in [-0.15, -0.1) is 24.0 Å². The van der Waals surface area contributed by atoms with Crippen LogP contribution < -0.4 is 24.8 Å². The summed E-state index contributed by atoms with van der Waals surface area (Å²) in [6, 6.07) is 3.93. The van der Waals surface area contributed by atoms with Crippen molar-refractivity contribution in [3.05, 3.63) is 17.7 Å². The van der Waals surface area contributed by atoms with Crippen LogP contribution in [-0.2, 0) is 6.54 Å². The first-order chi connectivity index (χ1) is 15.5. The fourth-order valence-corrected chi connectivity index (χ4v) is 4.90. The van der Waals surface area contributed by atoms with Gasteiger partial charge in [0, 0.05) is 25.7 Å². The van der Waals surface area contributed by atoms with Crippen molar-refractivity contribution in [2.75, 3.05) is 68.1 Å². The highest BCUT2D eigenvalue weighted by Crippen LogP contribution is 2.38. The third-order valence-electron chi connectivity index (χ3n) is 6.94. The zero-order valence-corrected chi connectivity index (χ0v) is 23.2. The molecule has 0 radical (unpaired) electrons. The molecule has 1 aromatic carbocycles. The molecule has 0 aliphatic carbocycles. The van der Waals surface area contributed by atoms with Gasteiger partial charge in [-0.3, -0.25) is 9.89 Å². The van der Waals surface area contributed by atoms with Crippen LogP contribution in [0.4, 0.5) is 0 Å². The van der Waals surface area contributed by atoms with Crippen molar-refractivity contribution in [1.82, 2.24) is 20.4 Å². The lowest BCUT2D eigenvalue weighted by molar-refractivity contribution is 0.0173. The Kier molecular flexibility index (Phi) is 11.3. The molecule has 3 rings (SSSR count). The summed E-state index contributed by atoms with van der Waals surface area (Å²) in [6.07, 6.45) is 6.37. The van der Waals surface area contributed by atoms with Crippen LogP contribution in [0.1, 0.15) is 37.7 Å². The SMILES string of the molecule is CN=C(NCc1cc(OC)c(OC)c(OC)c1)NCC1(N2CCCCC2)CCN(C)CC1.I. The Morgan fingerprint density at radius 1 is 0.939 bits per heavy atom. The Labute approximate surface area is 216 Å². The highest BCUT2D eigenvalue weighted by atomic mass is 127. The van der Waals surface area contributed by atoms with Crippen molar-refractivity contribution in [2.45, 2.75) is 44.2 Å². The lowest BCUT2D eigenvalue weighted by Gasteiger charge is -2.50. The number of piperidine rings is 2. The van der Waals surface area contributed by atoms with E-state index in [2.05, 4.69) is 32.5 Å². The third kappa shape index (κ3) is 7.02. The number of aliphatic imine (C=N–C) groups is 1. The largest absolute Gasteiger partial charge is 0.493 e. The minimum Gasteiger partial charge on any atom is -0.493 e. The van der Waals surface area contributed by atoms with Crippen LogP contribution in [0.2, 0.25) is 0 Å². The van der Waals surface area contributed by atoms with Crippen LogP contribution in [0.25, 0.3) is 0 Å². The van der Waals surface area contributed by atoms with Crippen molar-refractivity contribution in [1.29, 1.82) is 0 Å². The Morgan fingerprint density at radius 3 is 2.06 bits per heavy atom. The van der Waals surface area contributed by atoms with Crippen LogP contribution in [0.15, 0.2) is 17.1 Å². The van der Waals surface area contributed by atoms with Gasteiger partial charge < -0.3 is 29.7 Å². The van der Waals surface area contributed by atoms with Gasteiger partial charge in [-0.1, -0.05) is 6.42 Å². The summed E-state index contributed by atoms with van der Waals surface area (Å²) in [7, 11) is 8.94. The Bertz CT molecular complexity index is 737. The molecular formula is C24H42IN5O3. The van der Waals surface area contributed by atoms with Gasteiger partial charge in [0.25, 0.3) is 0 Å². The molecule has 0 bridgehead atoms. The molecule has 0 unspecified atom stereocenters. The predicted molar refractivity (Wildman–Crippen MR) is 145 cm³/mol. The number of nitrogens with zero attached hydrogens (tertiary/aromatic N) is 3. The number of benzene rings is 1. The van der Waals surface area contributed by atoms with Crippen LogP contribution >= 0.6 is 24.0 Å². The maximum Gasteiger partial charge on any atom is 0.203 e. The van der Waals surface area contributed by atoms with Gasteiger partial charge in [0.05, 0.1) is 21.3 Å². The maximum atomic E-state index is 5.48. The molecule has 1 aromatic rings. The second-order valence-electron chi connectivity index (χ2n) is 8.89. The number of hydrogen-bond donors (Lipinski definition) is 2. The van der Waals surface area contributed by atoms with E-state index in [-0.39, 0.29) is 29.5 Å². The molecule has 0 saturated carbocycles. The molecule has 33 heavy (non-hydrogen) atoms. The topological polar surface area (TPSA) is 70.6 Å². The molecule has 2 aliphatic heterocycles. The van der Waals surface area contributed by atoms with E-state index in [0.29, 0.717) is 23.8 Å². The second kappa shape index (κ2) is 13.4. The molecule has 2 saturated heterocycles. The highest BCUT2D eigenvalue weighted by Gasteiger charge is 2.39. The van der Waals surface area contributed by atoms with Gasteiger partial charge in [-0.05, 0) is 76.6 Å². The van der Waals surface area contributed by atoms with Crippen molar-refractivity contribution < 1.29 is 14.2 Å². The third-order valence-corrected chi connectivity index (χ3v) is 6.94. The summed E-state index contributed by atoms with van der Waals surface area (Å²) < 4.78 is 16.4. The number of guanidine groups is 1. The van der Waals surface area contributed by atoms with Crippen molar-refractivity contribution in [2.24, 2.45) is 4.99 Å². The number of hydrogen-bond acceptors (Lipinski definition) is 6. The number of halogens is 1. The lowest BCUT2D eigenvalue weighted by atomic mass is 9.84. The van der Waals surface area contributed by atoms with E-state index in [4.69, 9.17) is 14.2 Å². The number of likely N-dealkylation sites (tertiary alicyclic amines) is 2. The van der Waals surface area contributed by atoms with E-state index in [1.54, 1.807) is 21.3 Å². The summed E-state index contributed by atoms with van der Waals surface area (Å²) >= 11 is 0. The van der Waals surface area contributed by atoms with Crippen molar-refractivity contribution >= 4 is 29.9 Å². The summed E-state index contributed by atoms with van der Waals surface area (Å²) in [5.74, 6) is 2.73. The van der Waals surface area contributed by atoms with Crippen LogP contribution in [0.5, 0.6) is 17.2 Å². The lowest BCUT2D eigenvalue weighted by Crippen LogP contribution is -2.62. The number of nitrogens with one attached hydrogen (secondary N) is 2. The zero-order valence-electron chi connectivity index (χ0n) is 20.9. The first-order valence-corrected chi connectivity index (χ1v) is 11.7. The first kappa shape index (κ1) is 27.8. The molecule has 2 fully saturated rings.